The molecule has 0 spiro atoms. The Bertz CT molecular complexity index is 1060. The van der Waals surface area contributed by atoms with E-state index < -0.39 is 0 Å². The number of hydrogen-bond acceptors (Lipinski definition) is 4. The molecule has 0 atom stereocenters. The standard InChI is InChI=1S/C17H12Br2ClN3O2/c1-2-15-22-14-4-3-10(18)6-12(14)17(25)23(15)21-8-9-5-11(20)7-13(19)16(9)24/h3-8,24H,2H2,1H3. The van der Waals surface area contributed by atoms with Crippen LogP contribution in [-0.4, -0.2) is 21.0 Å². The highest BCUT2D eigenvalue weighted by molar-refractivity contribution is 9.10. The number of benzene rings is 2. The van der Waals surface area contributed by atoms with E-state index in [2.05, 4.69) is 41.9 Å². The van der Waals surface area contributed by atoms with Crippen LogP contribution >= 0.6 is 43.5 Å². The van der Waals surface area contributed by atoms with Crippen molar-refractivity contribution in [1.29, 1.82) is 0 Å². The zero-order chi connectivity index (χ0) is 18.1. The monoisotopic (exact) mass is 483 g/mol. The van der Waals surface area contributed by atoms with Crippen LogP contribution in [0.3, 0.4) is 0 Å². The number of halogens is 3. The lowest BCUT2D eigenvalue weighted by molar-refractivity contribution is 0.471. The Labute approximate surface area is 165 Å². The number of hydrogen-bond donors (Lipinski definition) is 1. The maximum Gasteiger partial charge on any atom is 0.282 e. The highest BCUT2D eigenvalue weighted by Crippen LogP contribution is 2.30. The summed E-state index contributed by atoms with van der Waals surface area (Å²) in [4.78, 5) is 17.3. The first kappa shape index (κ1) is 18.1. The molecule has 1 heterocycles. The normalized spacial score (nSPS) is 11.5. The average Bonchev–Trinajstić information content (AvgIpc) is 2.58. The lowest BCUT2D eigenvalue weighted by atomic mass is 10.2. The van der Waals surface area contributed by atoms with Crippen LogP contribution < -0.4 is 5.56 Å². The number of phenolic OH excluding ortho intramolecular Hbond substituents is 1. The van der Waals surface area contributed by atoms with E-state index in [-0.39, 0.29) is 11.3 Å². The third-order valence-electron chi connectivity index (χ3n) is 3.56. The van der Waals surface area contributed by atoms with E-state index in [1.165, 1.54) is 10.9 Å². The van der Waals surface area contributed by atoms with Crippen molar-refractivity contribution in [2.24, 2.45) is 5.10 Å². The fraction of sp³-hybridized carbons (Fsp3) is 0.118. The van der Waals surface area contributed by atoms with Gasteiger partial charge in [0.05, 0.1) is 21.6 Å². The van der Waals surface area contributed by atoms with Crippen molar-refractivity contribution in [3.8, 4) is 5.75 Å². The molecule has 0 fully saturated rings. The van der Waals surface area contributed by atoms with Crippen molar-refractivity contribution in [2.45, 2.75) is 13.3 Å². The predicted octanol–water partition coefficient (Wildman–Crippen LogP) is 4.73. The summed E-state index contributed by atoms with van der Waals surface area (Å²) >= 11 is 12.6. The maximum absolute atomic E-state index is 12.8. The fourth-order valence-electron chi connectivity index (χ4n) is 2.35. The molecular weight excluding hydrogens is 473 g/mol. The molecule has 1 aromatic heterocycles. The second-order valence-electron chi connectivity index (χ2n) is 5.23. The van der Waals surface area contributed by atoms with E-state index in [4.69, 9.17) is 11.6 Å². The van der Waals surface area contributed by atoms with Gasteiger partial charge in [-0.05, 0) is 46.3 Å². The highest BCUT2D eigenvalue weighted by atomic mass is 79.9. The van der Waals surface area contributed by atoms with Crippen LogP contribution in [0.15, 0.2) is 49.2 Å². The van der Waals surface area contributed by atoms with Gasteiger partial charge in [0.2, 0.25) is 0 Å². The van der Waals surface area contributed by atoms with Gasteiger partial charge in [-0.1, -0.05) is 34.5 Å². The summed E-state index contributed by atoms with van der Waals surface area (Å²) in [7, 11) is 0. The number of phenols is 1. The minimum atomic E-state index is -0.278. The van der Waals surface area contributed by atoms with Crippen LogP contribution in [0.5, 0.6) is 5.75 Å². The van der Waals surface area contributed by atoms with Gasteiger partial charge in [-0.25, -0.2) is 4.98 Å². The molecule has 0 amide bonds. The van der Waals surface area contributed by atoms with E-state index >= 15 is 0 Å². The molecule has 0 saturated heterocycles. The highest BCUT2D eigenvalue weighted by Gasteiger charge is 2.11. The second kappa shape index (κ2) is 7.27. The number of aromatic hydroxyl groups is 1. The van der Waals surface area contributed by atoms with Crippen molar-refractivity contribution >= 4 is 60.6 Å². The Morgan fingerprint density at radius 2 is 2.08 bits per heavy atom. The van der Waals surface area contributed by atoms with Gasteiger partial charge in [0.15, 0.2) is 0 Å². The maximum atomic E-state index is 12.8. The number of nitrogens with zero attached hydrogens (tertiary/aromatic N) is 3. The number of aromatic nitrogens is 2. The summed E-state index contributed by atoms with van der Waals surface area (Å²) in [5.41, 5.74) is 0.729. The van der Waals surface area contributed by atoms with E-state index in [0.717, 1.165) is 4.47 Å². The average molecular weight is 486 g/mol. The van der Waals surface area contributed by atoms with E-state index in [1.54, 1.807) is 24.3 Å². The molecule has 0 bridgehead atoms. The fourth-order valence-corrected chi connectivity index (χ4v) is 3.54. The largest absolute Gasteiger partial charge is 0.506 e. The van der Waals surface area contributed by atoms with Crippen LogP contribution in [0, 0.1) is 0 Å². The van der Waals surface area contributed by atoms with Crippen molar-refractivity contribution in [3.63, 3.8) is 0 Å². The molecule has 8 heteroatoms. The molecule has 3 aromatic rings. The molecule has 3 rings (SSSR count). The number of fused-ring (bicyclic) bond motifs is 1. The van der Waals surface area contributed by atoms with Crippen molar-refractivity contribution in [3.05, 3.63) is 66.0 Å². The van der Waals surface area contributed by atoms with Gasteiger partial charge in [0.1, 0.15) is 11.6 Å². The number of rotatable bonds is 3. The quantitative estimate of drug-likeness (QED) is 0.546. The number of aryl methyl sites for hydroxylation is 1. The molecule has 0 aliphatic heterocycles. The molecule has 0 unspecified atom stereocenters. The Morgan fingerprint density at radius 3 is 2.80 bits per heavy atom. The van der Waals surface area contributed by atoms with Crippen molar-refractivity contribution < 1.29 is 5.11 Å². The van der Waals surface area contributed by atoms with Gasteiger partial charge in [0.25, 0.3) is 5.56 Å². The van der Waals surface area contributed by atoms with Gasteiger partial charge < -0.3 is 5.11 Å². The molecule has 128 valence electrons. The lowest BCUT2D eigenvalue weighted by Gasteiger charge is -2.08. The minimum Gasteiger partial charge on any atom is -0.506 e. The summed E-state index contributed by atoms with van der Waals surface area (Å²) in [6.45, 7) is 1.89. The van der Waals surface area contributed by atoms with E-state index in [9.17, 15) is 9.90 Å². The Hall–Kier alpha value is -1.70. The van der Waals surface area contributed by atoms with E-state index in [1.807, 2.05) is 13.0 Å². The van der Waals surface area contributed by atoms with Crippen molar-refractivity contribution in [1.82, 2.24) is 9.66 Å². The summed E-state index contributed by atoms with van der Waals surface area (Å²) < 4.78 is 2.48. The summed E-state index contributed by atoms with van der Waals surface area (Å²) in [5, 5.41) is 15.2. The van der Waals surface area contributed by atoms with Crippen LogP contribution in [0.25, 0.3) is 10.9 Å². The van der Waals surface area contributed by atoms with Gasteiger partial charge >= 0.3 is 0 Å². The van der Waals surface area contributed by atoms with Crippen LogP contribution in [0.1, 0.15) is 18.3 Å². The molecular formula is C17H12Br2ClN3O2. The van der Waals surface area contributed by atoms with Gasteiger partial charge in [0, 0.05) is 21.5 Å². The first-order valence-electron chi connectivity index (χ1n) is 7.34. The third-order valence-corrected chi connectivity index (χ3v) is 4.88. The Morgan fingerprint density at radius 1 is 1.32 bits per heavy atom. The van der Waals surface area contributed by atoms with Crippen LogP contribution in [0.2, 0.25) is 5.02 Å². The van der Waals surface area contributed by atoms with E-state index in [0.29, 0.717) is 38.2 Å². The zero-order valence-corrected chi connectivity index (χ0v) is 16.9. The van der Waals surface area contributed by atoms with Gasteiger partial charge in [-0.15, -0.1) is 0 Å². The van der Waals surface area contributed by atoms with Crippen LogP contribution in [0.4, 0.5) is 0 Å². The van der Waals surface area contributed by atoms with Gasteiger partial charge in [-0.3, -0.25) is 4.79 Å². The third kappa shape index (κ3) is 3.63. The van der Waals surface area contributed by atoms with Crippen LogP contribution in [-0.2, 0) is 6.42 Å². The summed E-state index contributed by atoms with van der Waals surface area (Å²) in [6, 6.07) is 8.47. The molecule has 0 saturated carbocycles. The lowest BCUT2D eigenvalue weighted by Crippen LogP contribution is -2.22. The molecule has 1 N–H and O–H groups in total. The minimum absolute atomic E-state index is 0.00394. The molecule has 25 heavy (non-hydrogen) atoms. The summed E-state index contributed by atoms with van der Waals surface area (Å²) in [5.74, 6) is 0.521. The smallest absolute Gasteiger partial charge is 0.282 e. The Kier molecular flexibility index (Phi) is 5.27. The summed E-state index contributed by atoms with van der Waals surface area (Å²) in [6.07, 6.45) is 1.92. The first-order valence-corrected chi connectivity index (χ1v) is 9.30. The molecule has 0 radical (unpaired) electrons. The predicted molar refractivity (Wildman–Crippen MR) is 107 cm³/mol. The zero-order valence-electron chi connectivity index (χ0n) is 13.0. The van der Waals surface area contributed by atoms with Gasteiger partial charge in [-0.2, -0.15) is 9.78 Å². The van der Waals surface area contributed by atoms with Crippen molar-refractivity contribution in [2.75, 3.05) is 0 Å². The topological polar surface area (TPSA) is 67.5 Å². The SMILES string of the molecule is CCc1nc2ccc(Br)cc2c(=O)n1N=Cc1cc(Cl)cc(Br)c1O. The molecule has 2 aromatic carbocycles. The second-order valence-corrected chi connectivity index (χ2v) is 7.44. The molecule has 0 aliphatic carbocycles. The first-order chi connectivity index (χ1) is 11.9. The Balaban J connectivity index is 2.19. The molecule has 5 nitrogen and oxygen atoms in total. The molecule has 0 aliphatic rings.